The van der Waals surface area contributed by atoms with Crippen LogP contribution in [0.5, 0.6) is 0 Å². The van der Waals surface area contributed by atoms with E-state index in [0.717, 1.165) is 6.42 Å². The molecule has 0 heterocycles. The molecule has 0 spiro atoms. The Labute approximate surface area is 198 Å². The van der Waals surface area contributed by atoms with Crippen LogP contribution < -0.4 is 51.4 Å². The fourth-order valence-electron chi connectivity index (χ4n) is 2.72. The first-order chi connectivity index (χ1) is 11.3. The van der Waals surface area contributed by atoms with Gasteiger partial charge in [-0.05, 0) is 30.4 Å². The molecular formula is C20H35KO2S. The van der Waals surface area contributed by atoms with Gasteiger partial charge in [-0.3, -0.25) is 0 Å². The summed E-state index contributed by atoms with van der Waals surface area (Å²) in [5.41, 5.74) is 2.68. The van der Waals surface area contributed by atoms with E-state index in [1.165, 1.54) is 62.5 Å². The van der Waals surface area contributed by atoms with E-state index < -0.39 is 0 Å². The third-order valence-electron chi connectivity index (χ3n) is 4.20. The zero-order valence-corrected chi connectivity index (χ0v) is 19.7. The number of unbranched alkanes of at least 4 members (excludes halogenated alkanes) is 6. The molecule has 0 saturated carbocycles. The molecule has 1 aromatic carbocycles. The van der Waals surface area contributed by atoms with Crippen molar-refractivity contribution in [3.63, 3.8) is 0 Å². The summed E-state index contributed by atoms with van der Waals surface area (Å²) >= 11 is 4.64. The molecule has 1 atom stereocenters. The van der Waals surface area contributed by atoms with Gasteiger partial charge in [-0.2, -0.15) is 12.6 Å². The van der Waals surface area contributed by atoms with Crippen molar-refractivity contribution >= 4 is 12.6 Å². The molecule has 1 aromatic rings. The molecule has 0 fully saturated rings. The molecule has 0 aromatic heterocycles. The summed E-state index contributed by atoms with van der Waals surface area (Å²) in [7, 11) is 0. The fraction of sp³-hybridized carbons (Fsp3) is 0.700. The maximum Gasteiger partial charge on any atom is 1.00 e. The summed E-state index contributed by atoms with van der Waals surface area (Å²) in [6, 6.07) is 8.87. The number of benzene rings is 1. The molecular weight excluding hydrogens is 343 g/mol. The van der Waals surface area contributed by atoms with Gasteiger partial charge < -0.3 is 11.3 Å². The maximum absolute atomic E-state index is 8.68. The van der Waals surface area contributed by atoms with Crippen LogP contribution in [0.15, 0.2) is 24.3 Å². The Bertz CT molecular complexity index is 390. The number of hydrogen-bond acceptors (Lipinski definition) is 3. The second-order valence-electron chi connectivity index (χ2n) is 6.25. The van der Waals surface area contributed by atoms with E-state index in [2.05, 4.69) is 43.8 Å². The third-order valence-corrected chi connectivity index (χ3v) is 4.76. The standard InChI is InChI=1S/C20H34O2S.K.H/c1-2-3-4-5-6-7-8-9-18-10-12-19(13-11-18)20(23)14-16-22-17-15-21;;/h10-13,20-21,23H,2-9,14-17H2,1H3;;/q;+1;-1. The second kappa shape index (κ2) is 17.5. The zero-order chi connectivity index (χ0) is 16.8. The first-order valence-electron chi connectivity index (χ1n) is 9.23. The zero-order valence-electron chi connectivity index (χ0n) is 16.7. The van der Waals surface area contributed by atoms with Crippen LogP contribution in [0.4, 0.5) is 0 Å². The van der Waals surface area contributed by atoms with Crippen LogP contribution in [0.25, 0.3) is 0 Å². The van der Waals surface area contributed by atoms with E-state index in [0.29, 0.717) is 13.2 Å². The maximum atomic E-state index is 8.68. The summed E-state index contributed by atoms with van der Waals surface area (Å²) < 4.78 is 5.30. The summed E-state index contributed by atoms with van der Waals surface area (Å²) in [6.07, 6.45) is 11.6. The van der Waals surface area contributed by atoms with Crippen LogP contribution in [0.1, 0.15) is 76.1 Å². The minimum Gasteiger partial charge on any atom is -1.00 e. The quantitative estimate of drug-likeness (QED) is 0.296. The number of aryl methyl sites for hydroxylation is 1. The van der Waals surface area contributed by atoms with Gasteiger partial charge in [0.05, 0.1) is 13.2 Å². The van der Waals surface area contributed by atoms with Gasteiger partial charge in [-0.15, -0.1) is 0 Å². The Kier molecular flexibility index (Phi) is 18.4. The van der Waals surface area contributed by atoms with Crippen molar-refractivity contribution in [1.82, 2.24) is 0 Å². The summed E-state index contributed by atoms with van der Waals surface area (Å²) in [4.78, 5) is 0. The van der Waals surface area contributed by atoms with Gasteiger partial charge >= 0.3 is 51.4 Å². The average molecular weight is 379 g/mol. The molecule has 0 saturated heterocycles. The third kappa shape index (κ3) is 12.5. The largest absolute Gasteiger partial charge is 1.00 e. The fourth-order valence-corrected chi connectivity index (χ4v) is 3.00. The van der Waals surface area contributed by atoms with E-state index in [1.54, 1.807) is 0 Å². The Morgan fingerprint density at radius 3 is 2.25 bits per heavy atom. The molecule has 2 nitrogen and oxygen atoms in total. The Hall–Kier alpha value is 1.13. The molecule has 24 heavy (non-hydrogen) atoms. The van der Waals surface area contributed by atoms with Crippen LogP contribution in [-0.4, -0.2) is 24.9 Å². The average Bonchev–Trinajstić information content (AvgIpc) is 2.58. The normalized spacial score (nSPS) is 12.0. The molecule has 0 aliphatic heterocycles. The minimum atomic E-state index is 0. The van der Waals surface area contributed by atoms with E-state index in [-0.39, 0.29) is 64.7 Å². The molecule has 1 rings (SSSR count). The molecule has 0 amide bonds. The Balaban J connectivity index is 0. The summed E-state index contributed by atoms with van der Waals surface area (Å²) in [5, 5.41) is 8.89. The topological polar surface area (TPSA) is 29.5 Å². The first kappa shape index (κ1) is 25.1. The van der Waals surface area contributed by atoms with E-state index in [4.69, 9.17) is 9.84 Å². The SMILES string of the molecule is CCCCCCCCCc1ccc(C(S)CCOCCO)cc1.[H-].[K+]. The Morgan fingerprint density at radius 2 is 1.62 bits per heavy atom. The van der Waals surface area contributed by atoms with Crippen molar-refractivity contribution in [2.24, 2.45) is 0 Å². The number of ether oxygens (including phenoxy) is 1. The number of hydrogen-bond donors (Lipinski definition) is 2. The smallest absolute Gasteiger partial charge is 1.00 e. The van der Waals surface area contributed by atoms with Crippen molar-refractivity contribution in [3.05, 3.63) is 35.4 Å². The molecule has 0 bridgehead atoms. The van der Waals surface area contributed by atoms with Crippen LogP contribution in [-0.2, 0) is 11.2 Å². The summed E-state index contributed by atoms with van der Waals surface area (Å²) in [6.45, 7) is 3.41. The van der Waals surface area contributed by atoms with Gasteiger partial charge in [0.2, 0.25) is 0 Å². The Morgan fingerprint density at radius 1 is 1.00 bits per heavy atom. The first-order valence-corrected chi connectivity index (χ1v) is 9.75. The van der Waals surface area contributed by atoms with Crippen LogP contribution in [0, 0.1) is 0 Å². The minimum absolute atomic E-state index is 0. The second-order valence-corrected chi connectivity index (χ2v) is 6.88. The van der Waals surface area contributed by atoms with Crippen LogP contribution in [0.2, 0.25) is 0 Å². The van der Waals surface area contributed by atoms with Crippen LogP contribution in [0.3, 0.4) is 0 Å². The van der Waals surface area contributed by atoms with Gasteiger partial charge in [0.15, 0.2) is 0 Å². The predicted octanol–water partition coefficient (Wildman–Crippen LogP) is 2.47. The number of aliphatic hydroxyl groups is 1. The van der Waals surface area contributed by atoms with E-state index >= 15 is 0 Å². The van der Waals surface area contributed by atoms with E-state index in [9.17, 15) is 0 Å². The monoisotopic (exact) mass is 378 g/mol. The molecule has 0 aliphatic carbocycles. The number of thiol groups is 1. The van der Waals surface area contributed by atoms with Crippen molar-refractivity contribution in [2.75, 3.05) is 19.8 Å². The van der Waals surface area contributed by atoms with Gasteiger partial charge in [0.1, 0.15) is 0 Å². The predicted molar refractivity (Wildman–Crippen MR) is 103 cm³/mol. The molecule has 1 unspecified atom stereocenters. The van der Waals surface area contributed by atoms with Gasteiger partial charge in [-0.25, -0.2) is 0 Å². The number of rotatable bonds is 14. The van der Waals surface area contributed by atoms with Gasteiger partial charge in [-0.1, -0.05) is 69.7 Å². The van der Waals surface area contributed by atoms with Gasteiger partial charge in [0.25, 0.3) is 0 Å². The summed E-state index contributed by atoms with van der Waals surface area (Å²) in [5.74, 6) is 0. The van der Waals surface area contributed by atoms with Crippen molar-refractivity contribution < 1.29 is 62.7 Å². The van der Waals surface area contributed by atoms with Crippen molar-refractivity contribution in [2.45, 2.75) is 70.0 Å². The molecule has 1 N–H and O–H groups in total. The molecule has 0 aliphatic rings. The molecule has 134 valence electrons. The van der Waals surface area contributed by atoms with Gasteiger partial charge in [0, 0.05) is 11.9 Å². The molecule has 0 radical (unpaired) electrons. The van der Waals surface area contributed by atoms with Crippen molar-refractivity contribution in [3.8, 4) is 0 Å². The molecule has 4 heteroatoms. The van der Waals surface area contributed by atoms with Crippen LogP contribution >= 0.6 is 12.6 Å². The van der Waals surface area contributed by atoms with Crippen molar-refractivity contribution in [1.29, 1.82) is 0 Å². The van der Waals surface area contributed by atoms with E-state index in [1.807, 2.05) is 0 Å². The number of aliphatic hydroxyl groups excluding tert-OH is 1.